The molecule has 0 bridgehead atoms. The normalized spacial score (nSPS) is 13.6. The quantitative estimate of drug-likeness (QED) is 0.855. The predicted molar refractivity (Wildman–Crippen MR) is 61.1 cm³/mol. The van der Waals surface area contributed by atoms with Crippen LogP contribution in [0.4, 0.5) is 17.6 Å². The zero-order valence-electron chi connectivity index (χ0n) is 9.95. The minimum atomic E-state index is -4.49. The molecular formula is C12H11F4N3. The Bertz CT molecular complexity index is 587. The monoisotopic (exact) mass is 273 g/mol. The molecule has 0 saturated heterocycles. The highest BCUT2D eigenvalue weighted by atomic mass is 19.4. The van der Waals surface area contributed by atoms with Gasteiger partial charge in [-0.1, -0.05) is 6.07 Å². The van der Waals surface area contributed by atoms with Gasteiger partial charge in [0.1, 0.15) is 5.82 Å². The molecule has 7 heteroatoms. The topological polar surface area (TPSA) is 43.8 Å². The molecule has 0 amide bonds. The third kappa shape index (κ3) is 2.60. The fraction of sp³-hybridized carbons (Fsp3) is 0.250. The summed E-state index contributed by atoms with van der Waals surface area (Å²) in [6.07, 6.45) is -2.99. The van der Waals surface area contributed by atoms with Gasteiger partial charge in [-0.05, 0) is 19.1 Å². The molecule has 2 rings (SSSR count). The largest absolute Gasteiger partial charge is 0.419 e. The number of alkyl halides is 3. The van der Waals surface area contributed by atoms with Crippen LogP contribution >= 0.6 is 0 Å². The Labute approximate surface area is 106 Å². The van der Waals surface area contributed by atoms with Gasteiger partial charge in [-0.25, -0.2) is 9.07 Å². The van der Waals surface area contributed by atoms with Gasteiger partial charge in [-0.2, -0.15) is 18.3 Å². The van der Waals surface area contributed by atoms with E-state index in [4.69, 9.17) is 5.73 Å². The molecule has 0 aliphatic rings. The zero-order chi connectivity index (χ0) is 14.2. The number of halogens is 4. The molecule has 2 N–H and O–H groups in total. The number of aromatic nitrogens is 2. The van der Waals surface area contributed by atoms with E-state index in [0.29, 0.717) is 6.20 Å². The Balaban J connectivity index is 2.54. The van der Waals surface area contributed by atoms with Crippen LogP contribution in [0.2, 0.25) is 0 Å². The molecule has 3 nitrogen and oxygen atoms in total. The van der Waals surface area contributed by atoms with E-state index in [1.165, 1.54) is 18.2 Å². The van der Waals surface area contributed by atoms with Crippen LogP contribution in [-0.2, 0) is 6.18 Å². The first kappa shape index (κ1) is 13.5. The molecule has 0 fully saturated rings. The maximum Gasteiger partial charge on any atom is 0.419 e. The van der Waals surface area contributed by atoms with Crippen molar-refractivity contribution in [1.82, 2.24) is 9.78 Å². The molecule has 1 aromatic heterocycles. The van der Waals surface area contributed by atoms with Crippen molar-refractivity contribution in [2.45, 2.75) is 19.1 Å². The van der Waals surface area contributed by atoms with Crippen molar-refractivity contribution in [3.05, 3.63) is 47.5 Å². The van der Waals surface area contributed by atoms with Crippen LogP contribution in [0.3, 0.4) is 0 Å². The summed E-state index contributed by atoms with van der Waals surface area (Å²) in [6, 6.07) is 3.41. The fourth-order valence-corrected chi connectivity index (χ4v) is 1.78. The van der Waals surface area contributed by atoms with Crippen molar-refractivity contribution in [2.75, 3.05) is 0 Å². The molecule has 19 heavy (non-hydrogen) atoms. The third-order valence-electron chi connectivity index (χ3n) is 2.64. The number of hydrogen-bond donors (Lipinski definition) is 1. The van der Waals surface area contributed by atoms with E-state index in [1.807, 2.05) is 0 Å². The Kier molecular flexibility index (Phi) is 3.32. The summed E-state index contributed by atoms with van der Waals surface area (Å²) < 4.78 is 52.2. The lowest BCUT2D eigenvalue weighted by atomic mass is 10.1. The summed E-state index contributed by atoms with van der Waals surface area (Å²) in [5.41, 5.74) is 5.07. The lowest BCUT2D eigenvalue weighted by Crippen LogP contribution is -2.12. The van der Waals surface area contributed by atoms with Crippen molar-refractivity contribution in [2.24, 2.45) is 5.73 Å². The van der Waals surface area contributed by atoms with Gasteiger partial charge < -0.3 is 5.73 Å². The average molecular weight is 273 g/mol. The van der Waals surface area contributed by atoms with Crippen LogP contribution in [0.5, 0.6) is 0 Å². The van der Waals surface area contributed by atoms with Gasteiger partial charge in [0.15, 0.2) is 0 Å². The lowest BCUT2D eigenvalue weighted by Gasteiger charge is -2.13. The number of hydrogen-bond acceptors (Lipinski definition) is 2. The Morgan fingerprint density at radius 3 is 2.53 bits per heavy atom. The number of rotatable bonds is 2. The van der Waals surface area contributed by atoms with Gasteiger partial charge in [0.25, 0.3) is 0 Å². The molecule has 0 spiro atoms. The maximum atomic E-state index is 13.7. The first-order valence-corrected chi connectivity index (χ1v) is 5.47. The van der Waals surface area contributed by atoms with Crippen LogP contribution in [0.1, 0.15) is 24.1 Å². The fourth-order valence-electron chi connectivity index (χ4n) is 1.78. The SMILES string of the molecule is C[C@@H](N)c1c(F)cccc1-n1cc(C(F)(F)F)cn1. The minimum Gasteiger partial charge on any atom is -0.324 e. The smallest absolute Gasteiger partial charge is 0.324 e. The van der Waals surface area contributed by atoms with Crippen LogP contribution in [0.25, 0.3) is 5.69 Å². The number of nitrogens with zero attached hydrogens (tertiary/aromatic N) is 2. The highest BCUT2D eigenvalue weighted by Gasteiger charge is 2.32. The van der Waals surface area contributed by atoms with Gasteiger partial charge in [0.2, 0.25) is 0 Å². The highest BCUT2D eigenvalue weighted by molar-refractivity contribution is 5.43. The summed E-state index contributed by atoms with van der Waals surface area (Å²) in [4.78, 5) is 0. The van der Waals surface area contributed by atoms with Gasteiger partial charge in [-0.15, -0.1) is 0 Å². The first-order valence-electron chi connectivity index (χ1n) is 5.47. The summed E-state index contributed by atoms with van der Waals surface area (Å²) >= 11 is 0. The van der Waals surface area contributed by atoms with Crippen LogP contribution < -0.4 is 5.73 Å². The third-order valence-corrected chi connectivity index (χ3v) is 2.64. The van der Waals surface area contributed by atoms with Crippen molar-refractivity contribution >= 4 is 0 Å². The summed E-state index contributed by atoms with van der Waals surface area (Å²) in [5.74, 6) is -0.573. The maximum absolute atomic E-state index is 13.7. The van der Waals surface area contributed by atoms with Gasteiger partial charge in [0, 0.05) is 17.8 Å². The molecule has 1 heterocycles. The predicted octanol–water partition coefficient (Wildman–Crippen LogP) is 3.05. The molecule has 1 aromatic carbocycles. The summed E-state index contributed by atoms with van der Waals surface area (Å²) in [6.45, 7) is 1.55. The molecule has 0 unspecified atom stereocenters. The van der Waals surface area contributed by atoms with Crippen LogP contribution in [-0.4, -0.2) is 9.78 Å². The van der Waals surface area contributed by atoms with Crippen molar-refractivity contribution < 1.29 is 17.6 Å². The molecular weight excluding hydrogens is 262 g/mol. The molecule has 1 atom stereocenters. The molecule has 0 radical (unpaired) electrons. The number of nitrogens with two attached hydrogens (primary N) is 1. The van der Waals surface area contributed by atoms with Crippen molar-refractivity contribution in [3.8, 4) is 5.69 Å². The van der Waals surface area contributed by atoms with Crippen molar-refractivity contribution in [3.63, 3.8) is 0 Å². The minimum absolute atomic E-state index is 0.124. The van der Waals surface area contributed by atoms with E-state index in [2.05, 4.69) is 5.10 Å². The second kappa shape index (κ2) is 4.65. The van der Waals surface area contributed by atoms with Gasteiger partial charge in [-0.3, -0.25) is 0 Å². The second-order valence-electron chi connectivity index (χ2n) is 4.13. The zero-order valence-corrected chi connectivity index (χ0v) is 9.95. The van der Waals surface area contributed by atoms with Gasteiger partial charge in [0.05, 0.1) is 17.4 Å². The molecule has 102 valence electrons. The van der Waals surface area contributed by atoms with E-state index in [0.717, 1.165) is 10.9 Å². The highest BCUT2D eigenvalue weighted by Crippen LogP contribution is 2.30. The van der Waals surface area contributed by atoms with Gasteiger partial charge >= 0.3 is 6.18 Å². The van der Waals surface area contributed by atoms with Crippen LogP contribution in [0.15, 0.2) is 30.6 Å². The van der Waals surface area contributed by atoms with Crippen LogP contribution in [0, 0.1) is 5.82 Å². The van der Waals surface area contributed by atoms with E-state index < -0.39 is 23.6 Å². The summed E-state index contributed by atoms with van der Waals surface area (Å²) in [5, 5.41) is 3.61. The summed E-state index contributed by atoms with van der Waals surface area (Å²) in [7, 11) is 0. The first-order chi connectivity index (χ1) is 8.80. The van der Waals surface area contributed by atoms with E-state index in [-0.39, 0.29) is 11.3 Å². The second-order valence-corrected chi connectivity index (χ2v) is 4.13. The molecule has 0 saturated carbocycles. The standard InChI is InChI=1S/C12H11F4N3/c1-7(17)11-9(13)3-2-4-10(11)19-6-8(5-18-19)12(14,15)16/h2-7H,17H2,1H3/t7-/m1/s1. The number of benzene rings is 1. The average Bonchev–Trinajstić information content (AvgIpc) is 2.76. The Morgan fingerprint density at radius 2 is 2.00 bits per heavy atom. The molecule has 0 aliphatic carbocycles. The van der Waals surface area contributed by atoms with E-state index >= 15 is 0 Å². The Morgan fingerprint density at radius 1 is 1.32 bits per heavy atom. The Hall–Kier alpha value is -1.89. The lowest BCUT2D eigenvalue weighted by molar-refractivity contribution is -0.137. The molecule has 2 aromatic rings. The van der Waals surface area contributed by atoms with Crippen molar-refractivity contribution in [1.29, 1.82) is 0 Å². The van der Waals surface area contributed by atoms with E-state index in [1.54, 1.807) is 6.92 Å². The van der Waals surface area contributed by atoms with E-state index in [9.17, 15) is 17.6 Å². The molecule has 0 aliphatic heterocycles.